The number of nitrogens with one attached hydrogen (secondary N) is 1. The molecule has 146 valence electrons. The fourth-order valence-electron chi connectivity index (χ4n) is 3.89. The van der Waals surface area contributed by atoms with Gasteiger partial charge in [-0.25, -0.2) is 9.97 Å². The summed E-state index contributed by atoms with van der Waals surface area (Å²) in [7, 11) is 0. The monoisotopic (exact) mass is 396 g/mol. The Hall–Kier alpha value is -2.50. The zero-order valence-electron chi connectivity index (χ0n) is 16.0. The van der Waals surface area contributed by atoms with Gasteiger partial charge in [-0.1, -0.05) is 6.92 Å². The second-order valence-electron chi connectivity index (χ2n) is 7.53. The molecule has 1 atom stereocenters. The predicted molar refractivity (Wildman–Crippen MR) is 110 cm³/mol. The summed E-state index contributed by atoms with van der Waals surface area (Å²) in [6, 6.07) is 4.12. The minimum Gasteiger partial charge on any atom is -0.338 e. The van der Waals surface area contributed by atoms with Gasteiger partial charge in [-0.3, -0.25) is 9.69 Å². The molecule has 1 N–H and O–H groups in total. The zero-order valence-corrected chi connectivity index (χ0v) is 16.8. The smallest absolute Gasteiger partial charge is 0.239 e. The van der Waals surface area contributed by atoms with Crippen molar-refractivity contribution < 1.29 is 4.79 Å². The second kappa shape index (κ2) is 8.25. The molecule has 1 aliphatic heterocycles. The molecule has 0 radical (unpaired) electrons. The van der Waals surface area contributed by atoms with Gasteiger partial charge in [0.1, 0.15) is 11.1 Å². The van der Waals surface area contributed by atoms with Crippen LogP contribution < -0.4 is 10.2 Å². The summed E-state index contributed by atoms with van der Waals surface area (Å²) in [6.07, 6.45) is 6.55. The van der Waals surface area contributed by atoms with E-state index in [0.717, 1.165) is 62.0 Å². The lowest BCUT2D eigenvalue weighted by Gasteiger charge is -2.34. The molecule has 2 aliphatic rings. The molecule has 1 saturated heterocycles. The van der Waals surface area contributed by atoms with Crippen molar-refractivity contribution in [3.63, 3.8) is 0 Å². The molecule has 0 spiro atoms. The standard InChI is InChI=1S/C20H24N6OS/c1-14-3-4-15-16(12-21)19(28-17(15)11-14)24-18(27)13-25-7-9-26(10-8-25)20-22-5-2-6-23-20/h2,5-6,14H,3-4,7-11,13H2,1H3,(H,24,27)/t14-/m1/s1. The lowest BCUT2D eigenvalue weighted by molar-refractivity contribution is -0.117. The highest BCUT2D eigenvalue weighted by atomic mass is 32.1. The fourth-order valence-corrected chi connectivity index (χ4v) is 5.26. The van der Waals surface area contributed by atoms with Crippen molar-refractivity contribution in [1.82, 2.24) is 14.9 Å². The van der Waals surface area contributed by atoms with Crippen LogP contribution in [0.2, 0.25) is 0 Å². The molecule has 8 heteroatoms. The Morgan fingerprint density at radius 1 is 1.32 bits per heavy atom. The van der Waals surface area contributed by atoms with Gasteiger partial charge in [0.15, 0.2) is 0 Å². The van der Waals surface area contributed by atoms with Crippen molar-refractivity contribution in [2.24, 2.45) is 5.92 Å². The van der Waals surface area contributed by atoms with E-state index in [0.29, 0.717) is 18.0 Å². The Morgan fingerprint density at radius 2 is 2.07 bits per heavy atom. The number of hydrogen-bond acceptors (Lipinski definition) is 7. The van der Waals surface area contributed by atoms with Gasteiger partial charge in [0, 0.05) is 43.4 Å². The molecule has 2 aromatic rings. The van der Waals surface area contributed by atoms with Gasteiger partial charge in [-0.2, -0.15) is 5.26 Å². The molecule has 0 bridgehead atoms. The van der Waals surface area contributed by atoms with Crippen LogP contribution in [0.5, 0.6) is 0 Å². The summed E-state index contributed by atoms with van der Waals surface area (Å²) in [5.41, 5.74) is 1.82. The van der Waals surface area contributed by atoms with E-state index >= 15 is 0 Å². The first kappa shape index (κ1) is 18.8. The summed E-state index contributed by atoms with van der Waals surface area (Å²) in [4.78, 5) is 26.7. The Balaban J connectivity index is 1.34. The number of anilines is 2. The van der Waals surface area contributed by atoms with Crippen molar-refractivity contribution in [2.75, 3.05) is 42.9 Å². The Kier molecular flexibility index (Phi) is 5.55. The molecule has 1 amide bonds. The average Bonchev–Trinajstić information content (AvgIpc) is 3.04. The number of carbonyl (C=O) groups excluding carboxylic acids is 1. The molecule has 0 saturated carbocycles. The molecular formula is C20H24N6OS. The first-order chi connectivity index (χ1) is 13.6. The Labute approximate surface area is 169 Å². The van der Waals surface area contributed by atoms with E-state index in [1.54, 1.807) is 23.7 Å². The summed E-state index contributed by atoms with van der Waals surface area (Å²) in [5.74, 6) is 1.34. The number of thiophene rings is 1. The van der Waals surface area contributed by atoms with Crippen LogP contribution in [0.15, 0.2) is 18.5 Å². The van der Waals surface area contributed by atoms with Crippen LogP contribution in [0.4, 0.5) is 10.9 Å². The topological polar surface area (TPSA) is 85.2 Å². The number of amides is 1. The van der Waals surface area contributed by atoms with Gasteiger partial charge >= 0.3 is 0 Å². The van der Waals surface area contributed by atoms with E-state index < -0.39 is 0 Å². The lowest BCUT2D eigenvalue weighted by Crippen LogP contribution is -2.49. The summed E-state index contributed by atoms with van der Waals surface area (Å²) >= 11 is 1.58. The number of carbonyl (C=O) groups is 1. The maximum Gasteiger partial charge on any atom is 0.239 e. The average molecular weight is 397 g/mol. The normalized spacial score (nSPS) is 19.7. The van der Waals surface area contributed by atoms with Crippen molar-refractivity contribution in [3.8, 4) is 6.07 Å². The summed E-state index contributed by atoms with van der Waals surface area (Å²) < 4.78 is 0. The zero-order chi connectivity index (χ0) is 19.5. The lowest BCUT2D eigenvalue weighted by atomic mass is 9.89. The number of nitriles is 1. The summed E-state index contributed by atoms with van der Waals surface area (Å²) in [5, 5.41) is 13.3. The second-order valence-corrected chi connectivity index (χ2v) is 8.63. The van der Waals surface area contributed by atoms with E-state index in [-0.39, 0.29) is 5.91 Å². The van der Waals surface area contributed by atoms with Crippen LogP contribution in [0.25, 0.3) is 0 Å². The molecule has 4 rings (SSSR count). The van der Waals surface area contributed by atoms with Crippen LogP contribution in [0.1, 0.15) is 29.3 Å². The van der Waals surface area contributed by atoms with E-state index in [2.05, 4.69) is 38.1 Å². The molecule has 2 aromatic heterocycles. The fraction of sp³-hybridized carbons (Fsp3) is 0.500. The van der Waals surface area contributed by atoms with Crippen molar-refractivity contribution in [2.45, 2.75) is 26.2 Å². The van der Waals surface area contributed by atoms with Gasteiger partial charge in [-0.05, 0) is 36.8 Å². The predicted octanol–water partition coefficient (Wildman–Crippen LogP) is 2.30. The largest absolute Gasteiger partial charge is 0.338 e. The van der Waals surface area contributed by atoms with E-state index in [1.165, 1.54) is 4.88 Å². The molecule has 1 aliphatic carbocycles. The minimum absolute atomic E-state index is 0.0486. The van der Waals surface area contributed by atoms with Gasteiger partial charge in [0.25, 0.3) is 0 Å². The number of nitrogens with zero attached hydrogens (tertiary/aromatic N) is 5. The highest BCUT2D eigenvalue weighted by Crippen LogP contribution is 2.39. The molecule has 3 heterocycles. The van der Waals surface area contributed by atoms with E-state index in [4.69, 9.17) is 0 Å². The summed E-state index contributed by atoms with van der Waals surface area (Å²) in [6.45, 7) is 5.75. The van der Waals surface area contributed by atoms with Crippen molar-refractivity contribution >= 4 is 28.2 Å². The number of hydrogen-bond donors (Lipinski definition) is 1. The van der Waals surface area contributed by atoms with Gasteiger partial charge in [0.2, 0.25) is 11.9 Å². The quantitative estimate of drug-likeness (QED) is 0.854. The molecular weight excluding hydrogens is 372 g/mol. The highest BCUT2D eigenvalue weighted by molar-refractivity contribution is 7.16. The molecule has 28 heavy (non-hydrogen) atoms. The molecule has 7 nitrogen and oxygen atoms in total. The first-order valence-corrected chi connectivity index (χ1v) is 10.5. The first-order valence-electron chi connectivity index (χ1n) is 9.73. The van der Waals surface area contributed by atoms with Gasteiger partial charge in [0.05, 0.1) is 12.1 Å². The third-order valence-corrected chi connectivity index (χ3v) is 6.62. The minimum atomic E-state index is -0.0486. The molecule has 1 fully saturated rings. The SMILES string of the molecule is C[C@@H]1CCc2c(sc(NC(=O)CN3CCN(c4ncccn4)CC3)c2C#N)C1. The number of aromatic nitrogens is 2. The van der Waals surface area contributed by atoms with Gasteiger partial charge in [-0.15, -0.1) is 11.3 Å². The van der Waals surface area contributed by atoms with E-state index in [1.807, 2.05) is 6.07 Å². The Bertz CT molecular complexity index is 882. The van der Waals surface area contributed by atoms with Crippen LogP contribution >= 0.6 is 11.3 Å². The maximum atomic E-state index is 12.6. The number of rotatable bonds is 4. The molecule has 0 aromatic carbocycles. The third-order valence-electron chi connectivity index (χ3n) is 5.45. The number of piperazine rings is 1. The van der Waals surface area contributed by atoms with Crippen LogP contribution in [0.3, 0.4) is 0 Å². The molecule has 0 unspecified atom stereocenters. The Morgan fingerprint density at radius 3 is 2.79 bits per heavy atom. The third kappa shape index (κ3) is 4.01. The van der Waals surface area contributed by atoms with E-state index in [9.17, 15) is 10.1 Å². The number of fused-ring (bicyclic) bond motifs is 1. The van der Waals surface area contributed by atoms with Crippen LogP contribution in [-0.2, 0) is 17.6 Å². The highest BCUT2D eigenvalue weighted by Gasteiger charge is 2.26. The maximum absolute atomic E-state index is 12.6. The van der Waals surface area contributed by atoms with Crippen molar-refractivity contribution in [1.29, 1.82) is 5.26 Å². The van der Waals surface area contributed by atoms with Gasteiger partial charge < -0.3 is 10.2 Å². The van der Waals surface area contributed by atoms with Crippen LogP contribution in [-0.4, -0.2) is 53.5 Å². The van der Waals surface area contributed by atoms with Crippen molar-refractivity contribution in [3.05, 3.63) is 34.5 Å². The van der Waals surface area contributed by atoms with Crippen LogP contribution in [0, 0.1) is 17.2 Å².